The lowest BCUT2D eigenvalue weighted by molar-refractivity contribution is 0.0993. The van der Waals surface area contributed by atoms with Crippen LogP contribution in [0.5, 0.6) is 0 Å². The molecule has 2 aromatic rings. The number of nitriles is 1. The van der Waals surface area contributed by atoms with Crippen LogP contribution in [0.4, 0.5) is 15.8 Å². The highest BCUT2D eigenvalue weighted by atomic mass is 19.1. The van der Waals surface area contributed by atoms with Gasteiger partial charge in [0.1, 0.15) is 11.9 Å². The first-order valence-corrected chi connectivity index (χ1v) is 6.33. The highest BCUT2D eigenvalue weighted by Gasteiger charge is 2.20. The van der Waals surface area contributed by atoms with Gasteiger partial charge in [0.05, 0.1) is 22.5 Å². The first-order valence-electron chi connectivity index (χ1n) is 6.33. The molecule has 0 saturated carbocycles. The van der Waals surface area contributed by atoms with Gasteiger partial charge < -0.3 is 10.2 Å². The van der Waals surface area contributed by atoms with Gasteiger partial charge in [0, 0.05) is 14.1 Å². The summed E-state index contributed by atoms with van der Waals surface area (Å²) in [5, 5.41) is 11.8. The molecule has 0 spiro atoms. The molecule has 0 aliphatic carbocycles. The fourth-order valence-corrected chi connectivity index (χ4v) is 2.11. The van der Waals surface area contributed by atoms with Crippen molar-refractivity contribution in [1.82, 2.24) is 0 Å². The van der Waals surface area contributed by atoms with Gasteiger partial charge in [-0.1, -0.05) is 18.2 Å². The van der Waals surface area contributed by atoms with Crippen molar-refractivity contribution >= 4 is 17.3 Å². The first-order chi connectivity index (χ1) is 10.1. The van der Waals surface area contributed by atoms with Crippen LogP contribution in [0.25, 0.3) is 0 Å². The van der Waals surface area contributed by atoms with Crippen LogP contribution in [0.2, 0.25) is 0 Å². The van der Waals surface area contributed by atoms with Gasteiger partial charge in [-0.3, -0.25) is 4.79 Å². The molecule has 0 fully saturated rings. The smallest absolute Gasteiger partial charge is 0.260 e. The maximum Gasteiger partial charge on any atom is 0.260 e. The average molecular weight is 283 g/mol. The number of amides is 1. The van der Waals surface area contributed by atoms with Gasteiger partial charge in [-0.25, -0.2) is 4.39 Å². The maximum absolute atomic E-state index is 13.7. The summed E-state index contributed by atoms with van der Waals surface area (Å²) in [6.45, 7) is 0. The monoisotopic (exact) mass is 283 g/mol. The van der Waals surface area contributed by atoms with E-state index in [-0.39, 0.29) is 17.2 Å². The summed E-state index contributed by atoms with van der Waals surface area (Å²) in [6.07, 6.45) is 0. The summed E-state index contributed by atoms with van der Waals surface area (Å²) >= 11 is 0. The molecule has 0 unspecified atom stereocenters. The first kappa shape index (κ1) is 14.5. The van der Waals surface area contributed by atoms with E-state index in [1.165, 1.54) is 17.0 Å². The number of hydrogen-bond donors (Lipinski definition) is 1. The Morgan fingerprint density at radius 3 is 2.62 bits per heavy atom. The van der Waals surface area contributed by atoms with Crippen molar-refractivity contribution < 1.29 is 9.18 Å². The second kappa shape index (κ2) is 6.06. The quantitative estimate of drug-likeness (QED) is 0.942. The summed E-state index contributed by atoms with van der Waals surface area (Å²) < 4.78 is 13.7. The molecule has 0 bridgehead atoms. The van der Waals surface area contributed by atoms with Crippen molar-refractivity contribution in [2.75, 3.05) is 24.3 Å². The van der Waals surface area contributed by atoms with Gasteiger partial charge in [-0.05, 0) is 24.3 Å². The number of carbonyl (C=O) groups is 1. The molecule has 0 heterocycles. The molecule has 0 radical (unpaired) electrons. The second-order valence-electron chi connectivity index (χ2n) is 4.41. The number of benzene rings is 2. The van der Waals surface area contributed by atoms with Gasteiger partial charge in [0.25, 0.3) is 5.91 Å². The third-order valence-electron chi connectivity index (χ3n) is 3.18. The van der Waals surface area contributed by atoms with Crippen LogP contribution in [0.1, 0.15) is 15.9 Å². The van der Waals surface area contributed by atoms with E-state index >= 15 is 0 Å². The zero-order chi connectivity index (χ0) is 15.4. The lowest BCUT2D eigenvalue weighted by Gasteiger charge is -2.20. The van der Waals surface area contributed by atoms with Crippen LogP contribution in [0.3, 0.4) is 0 Å². The molecule has 0 atom stereocenters. The van der Waals surface area contributed by atoms with Crippen LogP contribution >= 0.6 is 0 Å². The van der Waals surface area contributed by atoms with Gasteiger partial charge in [0.15, 0.2) is 0 Å². The van der Waals surface area contributed by atoms with Crippen molar-refractivity contribution in [2.24, 2.45) is 0 Å². The van der Waals surface area contributed by atoms with Gasteiger partial charge in [-0.15, -0.1) is 0 Å². The minimum Gasteiger partial charge on any atom is -0.385 e. The van der Waals surface area contributed by atoms with Crippen molar-refractivity contribution in [2.45, 2.75) is 0 Å². The van der Waals surface area contributed by atoms with E-state index in [1.54, 1.807) is 44.4 Å². The molecule has 4 nitrogen and oxygen atoms in total. The summed E-state index contributed by atoms with van der Waals surface area (Å²) in [6, 6.07) is 13.1. The third-order valence-corrected chi connectivity index (χ3v) is 3.18. The number of rotatable bonds is 3. The number of nitrogens with zero attached hydrogens (tertiary/aromatic N) is 2. The van der Waals surface area contributed by atoms with Gasteiger partial charge in [0.2, 0.25) is 0 Å². The van der Waals surface area contributed by atoms with Crippen molar-refractivity contribution in [3.05, 3.63) is 59.4 Å². The highest BCUT2D eigenvalue weighted by molar-refractivity contribution is 6.09. The molecule has 21 heavy (non-hydrogen) atoms. The molecule has 0 saturated heterocycles. The molecular formula is C16H14FN3O. The zero-order valence-corrected chi connectivity index (χ0v) is 11.7. The molecule has 0 aromatic heterocycles. The minimum absolute atomic E-state index is 0.142. The lowest BCUT2D eigenvalue weighted by atomic mass is 10.1. The Morgan fingerprint density at radius 2 is 1.95 bits per heavy atom. The molecule has 0 aliphatic rings. The number of para-hydroxylation sites is 2. The average Bonchev–Trinajstić information content (AvgIpc) is 2.53. The Bertz CT molecular complexity index is 722. The second-order valence-corrected chi connectivity index (χ2v) is 4.41. The Labute approximate surface area is 122 Å². The van der Waals surface area contributed by atoms with Crippen LogP contribution < -0.4 is 10.2 Å². The van der Waals surface area contributed by atoms with Crippen LogP contribution in [0.15, 0.2) is 42.5 Å². The van der Waals surface area contributed by atoms with Crippen LogP contribution in [-0.4, -0.2) is 20.0 Å². The fourth-order valence-electron chi connectivity index (χ4n) is 2.11. The third kappa shape index (κ3) is 2.70. The largest absolute Gasteiger partial charge is 0.385 e. The molecule has 1 N–H and O–H groups in total. The summed E-state index contributed by atoms with van der Waals surface area (Å²) in [4.78, 5) is 13.9. The number of carbonyl (C=O) groups excluding carboxylic acids is 1. The molecule has 1 amide bonds. The molecular weight excluding hydrogens is 269 g/mol. The van der Waals surface area contributed by atoms with Crippen molar-refractivity contribution in [1.29, 1.82) is 5.26 Å². The van der Waals surface area contributed by atoms with Crippen LogP contribution in [0, 0.1) is 17.1 Å². The van der Waals surface area contributed by atoms with Crippen molar-refractivity contribution in [3.63, 3.8) is 0 Å². The standard InChI is InChI=1S/C16H14FN3O/c1-19-15-12(7-5-8-13(15)17)16(21)20(2)14-9-4-3-6-11(14)10-18/h3-9,19H,1-2H3. The Balaban J connectivity index is 2.46. The van der Waals surface area contributed by atoms with E-state index in [0.29, 0.717) is 11.3 Å². The number of halogens is 1. The molecule has 0 aliphatic heterocycles. The van der Waals surface area contributed by atoms with Gasteiger partial charge >= 0.3 is 0 Å². The molecule has 5 heteroatoms. The number of hydrogen-bond acceptors (Lipinski definition) is 3. The Hall–Kier alpha value is -2.87. The van der Waals surface area contributed by atoms with E-state index in [2.05, 4.69) is 5.32 Å². The molecule has 106 valence electrons. The predicted octanol–water partition coefficient (Wildman–Crippen LogP) is 3.02. The number of anilines is 2. The lowest BCUT2D eigenvalue weighted by Crippen LogP contribution is -2.28. The SMILES string of the molecule is CNc1c(F)cccc1C(=O)N(C)c1ccccc1C#N. The normalized spacial score (nSPS) is 9.81. The maximum atomic E-state index is 13.7. The Morgan fingerprint density at radius 1 is 1.24 bits per heavy atom. The van der Waals surface area contributed by atoms with E-state index < -0.39 is 5.82 Å². The van der Waals surface area contributed by atoms with Crippen molar-refractivity contribution in [3.8, 4) is 6.07 Å². The summed E-state index contributed by atoms with van der Waals surface area (Å²) in [7, 11) is 3.11. The topological polar surface area (TPSA) is 56.1 Å². The van der Waals surface area contributed by atoms with E-state index in [0.717, 1.165) is 0 Å². The van der Waals surface area contributed by atoms with E-state index in [9.17, 15) is 9.18 Å². The molecule has 2 rings (SSSR count). The van der Waals surface area contributed by atoms with E-state index in [4.69, 9.17) is 5.26 Å². The minimum atomic E-state index is -0.495. The summed E-state index contributed by atoms with van der Waals surface area (Å²) in [5.74, 6) is -0.883. The fraction of sp³-hybridized carbons (Fsp3) is 0.125. The zero-order valence-electron chi connectivity index (χ0n) is 11.7. The van der Waals surface area contributed by atoms with Crippen LogP contribution in [-0.2, 0) is 0 Å². The summed E-state index contributed by atoms with van der Waals surface area (Å²) in [5.41, 5.74) is 1.23. The Kier molecular flexibility index (Phi) is 4.19. The predicted molar refractivity (Wildman–Crippen MR) is 79.8 cm³/mol. The molecule has 2 aromatic carbocycles. The number of nitrogens with one attached hydrogen (secondary N) is 1. The highest BCUT2D eigenvalue weighted by Crippen LogP contribution is 2.25. The van der Waals surface area contributed by atoms with Gasteiger partial charge in [-0.2, -0.15) is 5.26 Å². The van der Waals surface area contributed by atoms with E-state index in [1.807, 2.05) is 6.07 Å².